The third-order valence-corrected chi connectivity index (χ3v) is 7.60. The van der Waals surface area contributed by atoms with Gasteiger partial charge in [-0.15, -0.1) is 11.3 Å². The van der Waals surface area contributed by atoms with Crippen LogP contribution in [0.3, 0.4) is 0 Å². The van der Waals surface area contributed by atoms with Crippen molar-refractivity contribution in [1.29, 1.82) is 0 Å². The molecule has 1 unspecified atom stereocenters. The fourth-order valence-corrected chi connectivity index (χ4v) is 5.69. The highest BCUT2D eigenvalue weighted by Gasteiger charge is 2.29. The normalized spacial score (nSPS) is 24.1. The molecule has 3 nitrogen and oxygen atoms in total. The van der Waals surface area contributed by atoms with Crippen molar-refractivity contribution in [2.24, 2.45) is 23.5 Å². The Bertz CT molecular complexity index is 818. The number of hydrogen-bond donors (Lipinski definition) is 1. The molecular formula is C25H36N2OS. The minimum absolute atomic E-state index is 0.322. The van der Waals surface area contributed by atoms with Gasteiger partial charge in [0.15, 0.2) is 0 Å². The van der Waals surface area contributed by atoms with E-state index in [0.29, 0.717) is 16.7 Å². The van der Waals surface area contributed by atoms with E-state index in [9.17, 15) is 4.79 Å². The predicted molar refractivity (Wildman–Crippen MR) is 124 cm³/mol. The van der Waals surface area contributed by atoms with Crippen LogP contribution < -0.4 is 5.73 Å². The van der Waals surface area contributed by atoms with Crippen molar-refractivity contribution in [2.45, 2.75) is 65.7 Å². The van der Waals surface area contributed by atoms with Crippen molar-refractivity contribution in [3.63, 3.8) is 0 Å². The second kappa shape index (κ2) is 9.96. The van der Waals surface area contributed by atoms with E-state index < -0.39 is 0 Å². The van der Waals surface area contributed by atoms with E-state index in [4.69, 9.17) is 5.73 Å². The zero-order chi connectivity index (χ0) is 21.0. The smallest absolute Gasteiger partial charge is 0.259 e. The number of primary amides is 1. The van der Waals surface area contributed by atoms with Gasteiger partial charge in [-0.05, 0) is 56.2 Å². The molecule has 1 aliphatic carbocycles. The van der Waals surface area contributed by atoms with Crippen LogP contribution in [0.2, 0.25) is 0 Å². The summed E-state index contributed by atoms with van der Waals surface area (Å²) >= 11 is 1.47. The molecule has 0 saturated heterocycles. The van der Waals surface area contributed by atoms with E-state index in [1.165, 1.54) is 42.6 Å². The van der Waals surface area contributed by atoms with Gasteiger partial charge >= 0.3 is 0 Å². The Morgan fingerprint density at radius 1 is 1.34 bits per heavy atom. The molecule has 3 rings (SSSR count). The molecule has 0 aromatic carbocycles. The summed E-state index contributed by atoms with van der Waals surface area (Å²) in [6.07, 6.45) is 8.54. The van der Waals surface area contributed by atoms with Crippen LogP contribution in [0.4, 0.5) is 0 Å². The summed E-state index contributed by atoms with van der Waals surface area (Å²) in [5.41, 5.74) is 9.78. The SMILES string of the molecule is CCCC(C)C#Cc1cc(C2=C(C3CCC(C)CC3)CCN(C)C2)c(C(N)=O)s1. The minimum atomic E-state index is -0.322. The van der Waals surface area contributed by atoms with Crippen LogP contribution in [0.25, 0.3) is 5.57 Å². The van der Waals surface area contributed by atoms with Crippen molar-refractivity contribution >= 4 is 22.8 Å². The highest BCUT2D eigenvalue weighted by molar-refractivity contribution is 7.14. The Morgan fingerprint density at radius 2 is 2.07 bits per heavy atom. The molecule has 0 spiro atoms. The maximum absolute atomic E-state index is 12.3. The van der Waals surface area contributed by atoms with Gasteiger partial charge in [0, 0.05) is 24.6 Å². The lowest BCUT2D eigenvalue weighted by atomic mass is 9.75. The minimum Gasteiger partial charge on any atom is -0.365 e. The summed E-state index contributed by atoms with van der Waals surface area (Å²) in [7, 11) is 2.17. The first-order valence-electron chi connectivity index (χ1n) is 11.2. The number of thiophene rings is 1. The Balaban J connectivity index is 1.99. The van der Waals surface area contributed by atoms with Crippen LogP contribution in [0.1, 0.15) is 85.8 Å². The molecule has 158 valence electrons. The molecular weight excluding hydrogens is 376 g/mol. The second-order valence-electron chi connectivity index (χ2n) is 9.13. The Kier molecular flexibility index (Phi) is 7.60. The molecule has 4 heteroatoms. The molecule has 1 amide bonds. The Labute approximate surface area is 180 Å². The van der Waals surface area contributed by atoms with Gasteiger partial charge in [-0.2, -0.15) is 0 Å². The highest BCUT2D eigenvalue weighted by atomic mass is 32.1. The van der Waals surface area contributed by atoms with Gasteiger partial charge in [0.05, 0.1) is 4.88 Å². The van der Waals surface area contributed by atoms with Crippen LogP contribution in [-0.2, 0) is 0 Å². The summed E-state index contributed by atoms with van der Waals surface area (Å²) in [5, 5.41) is 0. The van der Waals surface area contributed by atoms with Gasteiger partial charge in [0.2, 0.25) is 0 Å². The second-order valence-corrected chi connectivity index (χ2v) is 10.2. The lowest BCUT2D eigenvalue weighted by Crippen LogP contribution is -2.30. The Morgan fingerprint density at radius 3 is 2.72 bits per heavy atom. The van der Waals surface area contributed by atoms with Crippen LogP contribution in [-0.4, -0.2) is 30.9 Å². The largest absolute Gasteiger partial charge is 0.365 e. The van der Waals surface area contributed by atoms with Crippen molar-refractivity contribution in [2.75, 3.05) is 20.1 Å². The third kappa shape index (κ3) is 5.53. The Hall–Kier alpha value is -1.57. The number of rotatable bonds is 5. The lowest BCUT2D eigenvalue weighted by molar-refractivity contribution is 0.100. The van der Waals surface area contributed by atoms with E-state index in [1.54, 1.807) is 5.57 Å². The van der Waals surface area contributed by atoms with Gasteiger partial charge in [-0.25, -0.2) is 0 Å². The number of likely N-dealkylation sites (N-methyl/N-ethyl adjacent to an activating group) is 1. The molecule has 1 aromatic heterocycles. The van der Waals surface area contributed by atoms with Gasteiger partial charge in [-0.1, -0.05) is 57.4 Å². The van der Waals surface area contributed by atoms with Gasteiger partial charge in [0.1, 0.15) is 4.88 Å². The summed E-state index contributed by atoms with van der Waals surface area (Å²) in [6, 6.07) is 2.14. The number of nitrogens with zero attached hydrogens (tertiary/aromatic N) is 1. The maximum Gasteiger partial charge on any atom is 0.259 e. The average molecular weight is 413 g/mol. The van der Waals surface area contributed by atoms with E-state index in [0.717, 1.165) is 48.7 Å². The first-order valence-corrected chi connectivity index (χ1v) is 12.1. The molecule has 1 saturated carbocycles. The molecule has 0 radical (unpaired) electrons. The van der Waals surface area contributed by atoms with E-state index in [1.807, 2.05) is 0 Å². The summed E-state index contributed by atoms with van der Waals surface area (Å²) < 4.78 is 0. The molecule has 2 N–H and O–H groups in total. The zero-order valence-corrected chi connectivity index (χ0v) is 19.3. The van der Waals surface area contributed by atoms with Crippen LogP contribution >= 0.6 is 11.3 Å². The van der Waals surface area contributed by atoms with Gasteiger partial charge < -0.3 is 10.6 Å². The number of carbonyl (C=O) groups excluding carboxylic acids is 1. The van der Waals surface area contributed by atoms with Crippen molar-refractivity contribution in [3.05, 3.63) is 27.0 Å². The summed E-state index contributed by atoms with van der Waals surface area (Å²) in [4.78, 5) is 16.3. The maximum atomic E-state index is 12.3. The number of hydrogen-bond acceptors (Lipinski definition) is 3. The molecule has 2 heterocycles. The predicted octanol–water partition coefficient (Wildman–Crippen LogP) is 5.55. The van der Waals surface area contributed by atoms with Crippen LogP contribution in [0, 0.1) is 29.6 Å². The fraction of sp³-hybridized carbons (Fsp3) is 0.640. The van der Waals surface area contributed by atoms with E-state index in [2.05, 4.69) is 50.6 Å². The molecule has 1 aliphatic heterocycles. The van der Waals surface area contributed by atoms with E-state index >= 15 is 0 Å². The lowest BCUT2D eigenvalue weighted by Gasteiger charge is -2.35. The van der Waals surface area contributed by atoms with E-state index in [-0.39, 0.29) is 5.91 Å². The molecule has 2 aliphatic rings. The number of nitrogens with two attached hydrogens (primary N) is 1. The summed E-state index contributed by atoms with van der Waals surface area (Å²) in [5.74, 6) is 8.23. The molecule has 0 bridgehead atoms. The van der Waals surface area contributed by atoms with Gasteiger partial charge in [0.25, 0.3) is 5.91 Å². The standard InChI is InChI=1S/C25H36N2OS/c1-5-6-17(2)9-12-20-15-22(24(29-20)25(26)28)23-16-27(4)14-13-21(23)19-10-7-18(3)8-11-19/h15,17-19H,5-8,10-11,13-14,16H2,1-4H3,(H2,26,28). The topological polar surface area (TPSA) is 46.3 Å². The zero-order valence-electron chi connectivity index (χ0n) is 18.5. The number of amides is 1. The molecule has 1 aromatic rings. The van der Waals surface area contributed by atoms with Gasteiger partial charge in [-0.3, -0.25) is 4.79 Å². The van der Waals surface area contributed by atoms with Crippen LogP contribution in [0.5, 0.6) is 0 Å². The number of carbonyl (C=O) groups is 1. The average Bonchev–Trinajstić information content (AvgIpc) is 3.12. The fourth-order valence-electron chi connectivity index (χ4n) is 4.79. The van der Waals surface area contributed by atoms with Crippen molar-refractivity contribution < 1.29 is 4.79 Å². The molecule has 1 atom stereocenters. The first kappa shape index (κ1) is 22.1. The van der Waals surface area contributed by atoms with Crippen molar-refractivity contribution in [1.82, 2.24) is 4.90 Å². The highest BCUT2D eigenvalue weighted by Crippen LogP contribution is 2.41. The molecule has 1 fully saturated rings. The monoisotopic (exact) mass is 412 g/mol. The van der Waals surface area contributed by atoms with Crippen LogP contribution in [0.15, 0.2) is 11.6 Å². The quantitative estimate of drug-likeness (QED) is 0.645. The van der Waals surface area contributed by atoms with Crippen molar-refractivity contribution in [3.8, 4) is 11.8 Å². The summed E-state index contributed by atoms with van der Waals surface area (Å²) in [6.45, 7) is 8.72. The third-order valence-electron chi connectivity index (χ3n) is 6.53. The first-order chi connectivity index (χ1) is 13.9. The molecule has 29 heavy (non-hydrogen) atoms.